The van der Waals surface area contributed by atoms with Gasteiger partial charge in [-0.15, -0.1) is 0 Å². The summed E-state index contributed by atoms with van der Waals surface area (Å²) >= 11 is 5.71. The monoisotopic (exact) mass is 448 g/mol. The topological polar surface area (TPSA) is 79.6 Å². The molecule has 7 nitrogen and oxygen atoms in total. The summed E-state index contributed by atoms with van der Waals surface area (Å²) in [5.41, 5.74) is 4.17. The predicted molar refractivity (Wildman–Crippen MR) is 128 cm³/mol. The number of aromatic nitrogens is 1. The molecule has 32 heavy (non-hydrogen) atoms. The zero-order valence-electron chi connectivity index (χ0n) is 18.3. The number of thiocarbonyl (C=S) groups is 1. The first-order valence-corrected chi connectivity index (χ1v) is 10.5. The smallest absolute Gasteiger partial charge is 0.257 e. The quantitative estimate of drug-likeness (QED) is 0.550. The molecule has 1 amide bonds. The highest BCUT2D eigenvalue weighted by Crippen LogP contribution is 2.34. The van der Waals surface area contributed by atoms with Gasteiger partial charge in [0.15, 0.2) is 10.9 Å². The lowest BCUT2D eigenvalue weighted by Gasteiger charge is -2.38. The molecule has 0 saturated carbocycles. The normalized spacial score (nSPS) is 16.1. The van der Waals surface area contributed by atoms with Crippen LogP contribution in [0.3, 0.4) is 0 Å². The van der Waals surface area contributed by atoms with Crippen molar-refractivity contribution in [2.24, 2.45) is 0 Å². The summed E-state index contributed by atoms with van der Waals surface area (Å²) in [4.78, 5) is 15.3. The average molecular weight is 449 g/mol. The van der Waals surface area contributed by atoms with E-state index in [1.54, 1.807) is 20.1 Å². The standard InChI is InChI=1S/C24H24N4O3S/c1-14-5-9-18(10-6-14)28-16(3)21(23(29)25-20-13-15(2)31-27-20)22(26-24(28)32)17-7-11-19(30-4)12-8-17/h5-13,22H,1-4H3,(H,26,32)(H,25,27,29). The first kappa shape index (κ1) is 21.6. The van der Waals surface area contributed by atoms with Gasteiger partial charge in [-0.05, 0) is 62.8 Å². The van der Waals surface area contributed by atoms with Gasteiger partial charge in [0, 0.05) is 17.5 Å². The average Bonchev–Trinajstić information content (AvgIpc) is 3.19. The zero-order chi connectivity index (χ0) is 22.8. The molecule has 4 rings (SSSR count). The molecule has 2 N–H and O–H groups in total. The van der Waals surface area contributed by atoms with Crippen LogP contribution in [0.25, 0.3) is 0 Å². The van der Waals surface area contributed by atoms with Crippen LogP contribution >= 0.6 is 12.2 Å². The predicted octanol–water partition coefficient (Wildman–Crippen LogP) is 4.65. The lowest BCUT2D eigenvalue weighted by molar-refractivity contribution is -0.113. The molecular weight excluding hydrogens is 424 g/mol. The van der Waals surface area contributed by atoms with Crippen molar-refractivity contribution in [3.8, 4) is 5.75 Å². The molecule has 1 unspecified atom stereocenters. The first-order chi connectivity index (χ1) is 15.4. The zero-order valence-corrected chi connectivity index (χ0v) is 19.1. The molecule has 2 aromatic carbocycles. The van der Waals surface area contributed by atoms with Crippen molar-refractivity contribution in [1.29, 1.82) is 0 Å². The van der Waals surface area contributed by atoms with Gasteiger partial charge in [-0.3, -0.25) is 9.69 Å². The van der Waals surface area contributed by atoms with Gasteiger partial charge < -0.3 is 19.9 Å². The summed E-state index contributed by atoms with van der Waals surface area (Å²) in [7, 11) is 1.62. The number of benzene rings is 2. The van der Waals surface area contributed by atoms with Gasteiger partial charge in [0.25, 0.3) is 5.91 Å². The van der Waals surface area contributed by atoms with Crippen LogP contribution < -0.4 is 20.3 Å². The van der Waals surface area contributed by atoms with Crippen molar-refractivity contribution in [2.45, 2.75) is 26.8 Å². The maximum Gasteiger partial charge on any atom is 0.257 e. The van der Waals surface area contributed by atoms with E-state index in [0.717, 1.165) is 28.3 Å². The summed E-state index contributed by atoms with van der Waals surface area (Å²) in [6.45, 7) is 5.69. The van der Waals surface area contributed by atoms with Crippen molar-refractivity contribution >= 4 is 34.7 Å². The number of hydrogen-bond acceptors (Lipinski definition) is 5. The molecule has 2 heterocycles. The number of aryl methyl sites for hydroxylation is 2. The fourth-order valence-corrected chi connectivity index (χ4v) is 4.06. The number of carbonyl (C=O) groups is 1. The minimum absolute atomic E-state index is 0.288. The Kier molecular flexibility index (Phi) is 5.96. The Morgan fingerprint density at radius 3 is 2.41 bits per heavy atom. The van der Waals surface area contributed by atoms with E-state index < -0.39 is 6.04 Å². The van der Waals surface area contributed by atoms with Crippen molar-refractivity contribution in [1.82, 2.24) is 10.5 Å². The minimum atomic E-state index is -0.442. The number of methoxy groups -OCH3 is 1. The number of ether oxygens (including phenoxy) is 1. The number of rotatable bonds is 5. The van der Waals surface area contributed by atoms with Crippen LogP contribution in [0.4, 0.5) is 11.5 Å². The number of nitrogens with zero attached hydrogens (tertiary/aromatic N) is 2. The third-order valence-electron chi connectivity index (χ3n) is 5.34. The molecule has 3 aromatic rings. The summed E-state index contributed by atoms with van der Waals surface area (Å²) < 4.78 is 10.4. The highest BCUT2D eigenvalue weighted by Gasteiger charge is 2.35. The molecule has 0 spiro atoms. The molecular formula is C24H24N4O3S. The Labute approximate surface area is 192 Å². The third-order valence-corrected chi connectivity index (χ3v) is 5.64. The second-order valence-corrected chi connectivity index (χ2v) is 7.99. The van der Waals surface area contributed by atoms with E-state index in [1.807, 2.05) is 67.3 Å². The molecule has 0 aliphatic carbocycles. The lowest BCUT2D eigenvalue weighted by atomic mass is 9.94. The molecule has 0 fully saturated rings. The van der Waals surface area contributed by atoms with E-state index in [4.69, 9.17) is 21.5 Å². The highest BCUT2D eigenvalue weighted by molar-refractivity contribution is 7.80. The van der Waals surface area contributed by atoms with Crippen LogP contribution in [-0.2, 0) is 4.79 Å². The first-order valence-electron chi connectivity index (χ1n) is 10.1. The number of nitrogens with one attached hydrogen (secondary N) is 2. The van der Waals surface area contributed by atoms with Gasteiger partial charge in [-0.25, -0.2) is 0 Å². The molecule has 8 heteroatoms. The Morgan fingerprint density at radius 1 is 1.12 bits per heavy atom. The largest absolute Gasteiger partial charge is 0.497 e. The Bertz CT molecular complexity index is 1180. The van der Waals surface area contributed by atoms with Crippen molar-refractivity contribution in [3.63, 3.8) is 0 Å². The van der Waals surface area contributed by atoms with Crippen molar-refractivity contribution in [3.05, 3.63) is 82.8 Å². The summed E-state index contributed by atoms with van der Waals surface area (Å²) in [5, 5.41) is 10.6. The molecule has 0 bridgehead atoms. The van der Waals surface area contributed by atoms with Gasteiger partial charge in [0.05, 0.1) is 18.7 Å². The summed E-state index contributed by atoms with van der Waals surface area (Å²) in [6, 6.07) is 16.8. The van der Waals surface area contributed by atoms with Crippen LogP contribution in [0.2, 0.25) is 0 Å². The van der Waals surface area contributed by atoms with E-state index in [0.29, 0.717) is 22.3 Å². The Balaban J connectivity index is 1.79. The Hall–Kier alpha value is -3.65. The number of carbonyl (C=O) groups excluding carboxylic acids is 1. The van der Waals surface area contributed by atoms with E-state index in [1.165, 1.54) is 0 Å². The maximum absolute atomic E-state index is 13.4. The molecule has 1 aliphatic heterocycles. The third kappa shape index (κ3) is 4.22. The lowest BCUT2D eigenvalue weighted by Crippen LogP contribution is -2.48. The molecule has 1 atom stereocenters. The minimum Gasteiger partial charge on any atom is -0.497 e. The van der Waals surface area contributed by atoms with Gasteiger partial charge in [0.2, 0.25) is 0 Å². The molecule has 164 valence electrons. The van der Waals surface area contributed by atoms with Gasteiger partial charge in [-0.2, -0.15) is 0 Å². The van der Waals surface area contributed by atoms with Crippen LogP contribution in [0.5, 0.6) is 5.75 Å². The van der Waals surface area contributed by atoms with Gasteiger partial charge in [-0.1, -0.05) is 35.0 Å². The van der Waals surface area contributed by atoms with E-state index in [2.05, 4.69) is 15.8 Å². The van der Waals surface area contributed by atoms with E-state index in [9.17, 15) is 4.79 Å². The van der Waals surface area contributed by atoms with E-state index >= 15 is 0 Å². The van der Waals surface area contributed by atoms with Crippen LogP contribution in [0, 0.1) is 13.8 Å². The molecule has 0 radical (unpaired) electrons. The fourth-order valence-electron chi connectivity index (χ4n) is 3.70. The van der Waals surface area contributed by atoms with E-state index in [-0.39, 0.29) is 5.91 Å². The second-order valence-electron chi connectivity index (χ2n) is 7.60. The number of amides is 1. The fraction of sp³-hybridized carbons (Fsp3) is 0.208. The SMILES string of the molecule is COc1ccc(C2NC(=S)N(c3ccc(C)cc3)C(C)=C2C(=O)Nc2cc(C)on2)cc1. The summed E-state index contributed by atoms with van der Waals surface area (Å²) in [6.07, 6.45) is 0. The molecule has 1 aromatic heterocycles. The van der Waals surface area contributed by atoms with Crippen LogP contribution in [0.1, 0.15) is 29.9 Å². The molecule has 0 saturated heterocycles. The molecule has 1 aliphatic rings. The number of allylic oxidation sites excluding steroid dienone is 1. The highest BCUT2D eigenvalue weighted by atomic mass is 32.1. The van der Waals surface area contributed by atoms with Gasteiger partial charge >= 0.3 is 0 Å². The van der Waals surface area contributed by atoms with Crippen LogP contribution in [0.15, 0.2) is 70.4 Å². The van der Waals surface area contributed by atoms with Crippen molar-refractivity contribution < 1.29 is 14.1 Å². The number of anilines is 2. The summed E-state index contributed by atoms with van der Waals surface area (Å²) in [5.74, 6) is 1.42. The Morgan fingerprint density at radius 2 is 1.81 bits per heavy atom. The second kappa shape index (κ2) is 8.84. The van der Waals surface area contributed by atoms with Gasteiger partial charge in [0.1, 0.15) is 11.5 Å². The maximum atomic E-state index is 13.4. The van der Waals surface area contributed by atoms with Crippen molar-refractivity contribution in [2.75, 3.05) is 17.3 Å². The number of hydrogen-bond donors (Lipinski definition) is 2. The van der Waals surface area contributed by atoms with Crippen LogP contribution in [-0.4, -0.2) is 23.3 Å².